The minimum atomic E-state index is -0.413. The van der Waals surface area contributed by atoms with Crippen molar-refractivity contribution in [3.63, 3.8) is 0 Å². The summed E-state index contributed by atoms with van der Waals surface area (Å²) in [6.07, 6.45) is 2.39. The van der Waals surface area contributed by atoms with Crippen molar-refractivity contribution >= 4 is 23.2 Å². The van der Waals surface area contributed by atoms with Crippen molar-refractivity contribution in [3.05, 3.63) is 52.6 Å². The van der Waals surface area contributed by atoms with E-state index in [9.17, 15) is 4.39 Å². The lowest BCUT2D eigenvalue weighted by atomic mass is 10.1. The Hall–Kier alpha value is -0.530. The molecule has 0 unspecified atom stereocenters. The summed E-state index contributed by atoms with van der Waals surface area (Å²) in [6, 6.07) is 4.52. The molecule has 0 aliphatic rings. The van der Waals surface area contributed by atoms with Gasteiger partial charge in [0.05, 0.1) is 5.02 Å². The molecule has 0 saturated carbocycles. The number of hydrogen-bond acceptors (Lipinski definition) is 0. The maximum absolute atomic E-state index is 12.7. The van der Waals surface area contributed by atoms with Gasteiger partial charge in [-0.15, -0.1) is 0 Å². The van der Waals surface area contributed by atoms with E-state index < -0.39 is 5.82 Å². The van der Waals surface area contributed by atoms with Gasteiger partial charge in [0.25, 0.3) is 0 Å². The van der Waals surface area contributed by atoms with Crippen molar-refractivity contribution in [2.75, 3.05) is 0 Å². The van der Waals surface area contributed by atoms with Crippen LogP contribution >= 0.6 is 23.2 Å². The van der Waals surface area contributed by atoms with Gasteiger partial charge in [-0.25, -0.2) is 4.39 Å². The lowest BCUT2D eigenvalue weighted by Gasteiger charge is -2.00. The van der Waals surface area contributed by atoms with Crippen LogP contribution in [0.3, 0.4) is 0 Å². The quantitative estimate of drug-likeness (QED) is 0.713. The zero-order valence-corrected chi connectivity index (χ0v) is 8.37. The standard InChI is InChI=1S/C10H8Cl2F/c1-7(11)2-3-8-4-5-10(13)9(12)6-8/h3-6H,1-2H2. The summed E-state index contributed by atoms with van der Waals surface area (Å²) in [5, 5.41) is 0.661. The first kappa shape index (κ1) is 10.6. The molecule has 1 aromatic carbocycles. The van der Waals surface area contributed by atoms with Gasteiger partial charge in [0.1, 0.15) is 5.82 Å². The Morgan fingerprint density at radius 3 is 2.77 bits per heavy atom. The number of hydrogen-bond donors (Lipinski definition) is 0. The van der Waals surface area contributed by atoms with Gasteiger partial charge in [-0.1, -0.05) is 35.8 Å². The number of benzene rings is 1. The van der Waals surface area contributed by atoms with E-state index in [2.05, 4.69) is 6.58 Å². The Morgan fingerprint density at radius 2 is 2.23 bits per heavy atom. The first-order valence-electron chi connectivity index (χ1n) is 3.71. The third-order valence-electron chi connectivity index (χ3n) is 1.50. The van der Waals surface area contributed by atoms with Crippen molar-refractivity contribution in [2.24, 2.45) is 0 Å². The van der Waals surface area contributed by atoms with Crippen LogP contribution in [0.15, 0.2) is 29.8 Å². The van der Waals surface area contributed by atoms with Gasteiger partial charge in [-0.3, -0.25) is 0 Å². The topological polar surface area (TPSA) is 0 Å². The molecule has 0 N–H and O–H groups in total. The van der Waals surface area contributed by atoms with Crippen LogP contribution in [0.25, 0.3) is 0 Å². The van der Waals surface area contributed by atoms with Crippen LogP contribution in [0.5, 0.6) is 0 Å². The molecule has 1 radical (unpaired) electrons. The molecule has 0 aliphatic heterocycles. The molecule has 0 aromatic heterocycles. The molecule has 1 aromatic rings. The van der Waals surface area contributed by atoms with Gasteiger partial charge in [0.2, 0.25) is 0 Å². The highest BCUT2D eigenvalue weighted by atomic mass is 35.5. The molecule has 0 saturated heterocycles. The van der Waals surface area contributed by atoms with E-state index in [0.717, 1.165) is 5.56 Å². The summed E-state index contributed by atoms with van der Waals surface area (Å²) in [7, 11) is 0. The van der Waals surface area contributed by atoms with E-state index in [1.807, 2.05) is 6.42 Å². The second kappa shape index (κ2) is 4.64. The average Bonchev–Trinajstić information content (AvgIpc) is 2.07. The maximum Gasteiger partial charge on any atom is 0.141 e. The molecule has 0 nitrogen and oxygen atoms in total. The zero-order chi connectivity index (χ0) is 9.84. The highest BCUT2D eigenvalue weighted by molar-refractivity contribution is 6.30. The highest BCUT2D eigenvalue weighted by Crippen LogP contribution is 2.19. The van der Waals surface area contributed by atoms with E-state index in [1.165, 1.54) is 6.07 Å². The average molecular weight is 218 g/mol. The number of allylic oxidation sites excluding steroid dienone is 1. The third-order valence-corrected chi connectivity index (χ3v) is 1.95. The summed E-state index contributed by atoms with van der Waals surface area (Å²) in [5.74, 6) is -0.413. The van der Waals surface area contributed by atoms with E-state index in [0.29, 0.717) is 11.5 Å². The Kier molecular flexibility index (Phi) is 3.76. The van der Waals surface area contributed by atoms with E-state index >= 15 is 0 Å². The zero-order valence-electron chi connectivity index (χ0n) is 6.86. The SMILES string of the molecule is C=C(Cl)C[CH]c1ccc(F)c(Cl)c1. The molecule has 0 fully saturated rings. The summed E-state index contributed by atoms with van der Waals surface area (Å²) >= 11 is 11.1. The molecule has 0 aliphatic carbocycles. The molecule has 1 rings (SSSR count). The molecule has 0 heterocycles. The van der Waals surface area contributed by atoms with Gasteiger partial charge < -0.3 is 0 Å². The Bertz CT molecular complexity index is 321. The maximum atomic E-state index is 12.7. The summed E-state index contributed by atoms with van der Waals surface area (Å²) in [4.78, 5) is 0. The lowest BCUT2D eigenvalue weighted by Crippen LogP contribution is -1.84. The fraction of sp³-hybridized carbons (Fsp3) is 0.100. The van der Waals surface area contributed by atoms with Crippen LogP contribution in [0, 0.1) is 12.2 Å². The fourth-order valence-corrected chi connectivity index (χ4v) is 1.13. The molecule has 69 valence electrons. The smallest absolute Gasteiger partial charge is 0.141 e. The molecule has 0 spiro atoms. The molecule has 0 atom stereocenters. The fourth-order valence-electron chi connectivity index (χ4n) is 0.868. The van der Waals surface area contributed by atoms with Crippen molar-refractivity contribution in [1.82, 2.24) is 0 Å². The second-order valence-electron chi connectivity index (χ2n) is 2.60. The van der Waals surface area contributed by atoms with Gasteiger partial charge >= 0.3 is 0 Å². The van der Waals surface area contributed by atoms with Crippen LogP contribution in [0.2, 0.25) is 5.02 Å². The van der Waals surface area contributed by atoms with E-state index in [4.69, 9.17) is 23.2 Å². The molecule has 0 bridgehead atoms. The summed E-state index contributed by atoms with van der Waals surface area (Å²) in [6.45, 7) is 3.54. The third kappa shape index (κ3) is 3.37. The number of halogens is 3. The molecule has 3 heteroatoms. The van der Waals surface area contributed by atoms with Crippen LogP contribution in [-0.4, -0.2) is 0 Å². The first-order chi connectivity index (χ1) is 6.09. The Labute approximate surface area is 87.0 Å². The van der Waals surface area contributed by atoms with Crippen molar-refractivity contribution in [2.45, 2.75) is 6.42 Å². The van der Waals surface area contributed by atoms with Crippen LogP contribution < -0.4 is 0 Å². The van der Waals surface area contributed by atoms with Gasteiger partial charge in [-0.2, -0.15) is 0 Å². The number of rotatable bonds is 3. The van der Waals surface area contributed by atoms with E-state index in [-0.39, 0.29) is 5.02 Å². The minimum Gasteiger partial charge on any atom is -0.205 e. The Morgan fingerprint density at radius 1 is 1.54 bits per heavy atom. The first-order valence-corrected chi connectivity index (χ1v) is 4.46. The predicted octanol–water partition coefficient (Wildman–Crippen LogP) is 4.17. The van der Waals surface area contributed by atoms with Crippen molar-refractivity contribution in [1.29, 1.82) is 0 Å². The lowest BCUT2D eigenvalue weighted by molar-refractivity contribution is 0.628. The summed E-state index contributed by atoms with van der Waals surface area (Å²) in [5.41, 5.74) is 0.841. The largest absolute Gasteiger partial charge is 0.205 e. The normalized spacial score (nSPS) is 10.1. The molecular formula is C10H8Cl2F. The van der Waals surface area contributed by atoms with Crippen molar-refractivity contribution < 1.29 is 4.39 Å². The predicted molar refractivity (Wildman–Crippen MR) is 54.4 cm³/mol. The van der Waals surface area contributed by atoms with Gasteiger partial charge in [0.15, 0.2) is 0 Å². The highest BCUT2D eigenvalue weighted by Gasteiger charge is 2.01. The van der Waals surface area contributed by atoms with Gasteiger partial charge in [-0.05, 0) is 30.5 Å². The Balaban J connectivity index is 2.68. The second-order valence-corrected chi connectivity index (χ2v) is 3.54. The van der Waals surface area contributed by atoms with Crippen LogP contribution in [0.1, 0.15) is 12.0 Å². The van der Waals surface area contributed by atoms with Crippen LogP contribution in [0.4, 0.5) is 4.39 Å². The van der Waals surface area contributed by atoms with Gasteiger partial charge in [0, 0.05) is 5.03 Å². The molecule has 0 amide bonds. The molecular weight excluding hydrogens is 210 g/mol. The minimum absolute atomic E-state index is 0.119. The van der Waals surface area contributed by atoms with Crippen LogP contribution in [-0.2, 0) is 0 Å². The van der Waals surface area contributed by atoms with E-state index in [1.54, 1.807) is 12.1 Å². The molecule has 13 heavy (non-hydrogen) atoms. The van der Waals surface area contributed by atoms with Crippen molar-refractivity contribution in [3.8, 4) is 0 Å². The summed E-state index contributed by atoms with van der Waals surface area (Å²) < 4.78 is 12.7. The monoisotopic (exact) mass is 217 g/mol.